The normalized spacial score (nSPS) is 21.2. The average Bonchev–Trinajstić information content (AvgIpc) is 2.54. The standard InChI is InChI=1S/C12H14ClNO3S/c13-10-5-1-2-6-11(10)18(16,17)9-4-3-7-12(15)14-8-9/h1-2,5-6,9H,3-4,7-8H2,(H,14,15). The lowest BCUT2D eigenvalue weighted by Gasteiger charge is -2.16. The maximum atomic E-state index is 12.4. The number of amides is 1. The van der Waals surface area contributed by atoms with Crippen LogP contribution in [-0.2, 0) is 14.6 Å². The zero-order valence-electron chi connectivity index (χ0n) is 9.73. The van der Waals surface area contributed by atoms with Gasteiger partial charge < -0.3 is 5.32 Å². The van der Waals surface area contributed by atoms with Gasteiger partial charge in [0.05, 0.1) is 15.2 Å². The van der Waals surface area contributed by atoms with E-state index in [0.29, 0.717) is 19.3 Å². The second kappa shape index (κ2) is 5.28. The second-order valence-corrected chi connectivity index (χ2v) is 6.90. The van der Waals surface area contributed by atoms with Crippen molar-refractivity contribution >= 4 is 27.3 Å². The zero-order chi connectivity index (χ0) is 13.2. The summed E-state index contributed by atoms with van der Waals surface area (Å²) in [6.45, 7) is 0.159. The van der Waals surface area contributed by atoms with Crippen LogP contribution >= 0.6 is 11.6 Å². The molecule has 1 N–H and O–H groups in total. The molecule has 1 amide bonds. The minimum Gasteiger partial charge on any atom is -0.355 e. The first kappa shape index (κ1) is 13.4. The number of hydrogen-bond acceptors (Lipinski definition) is 3. The van der Waals surface area contributed by atoms with E-state index < -0.39 is 15.1 Å². The smallest absolute Gasteiger partial charge is 0.220 e. The first-order valence-corrected chi connectivity index (χ1v) is 7.69. The van der Waals surface area contributed by atoms with Gasteiger partial charge in [0.1, 0.15) is 0 Å². The van der Waals surface area contributed by atoms with E-state index in [0.717, 1.165) is 0 Å². The Labute approximate surface area is 111 Å². The summed E-state index contributed by atoms with van der Waals surface area (Å²) >= 11 is 5.93. The number of hydrogen-bond donors (Lipinski definition) is 1. The minimum atomic E-state index is -3.49. The molecule has 1 aliphatic heterocycles. The van der Waals surface area contributed by atoms with E-state index in [1.807, 2.05) is 0 Å². The summed E-state index contributed by atoms with van der Waals surface area (Å²) in [5, 5.41) is 2.26. The summed E-state index contributed by atoms with van der Waals surface area (Å²) < 4.78 is 24.9. The molecule has 1 atom stereocenters. The molecule has 1 aliphatic rings. The highest BCUT2D eigenvalue weighted by Gasteiger charge is 2.30. The monoisotopic (exact) mass is 287 g/mol. The van der Waals surface area contributed by atoms with Crippen LogP contribution in [0.4, 0.5) is 0 Å². The molecule has 1 aromatic rings. The van der Waals surface area contributed by atoms with Gasteiger partial charge >= 0.3 is 0 Å². The van der Waals surface area contributed by atoms with Crippen LogP contribution in [0.2, 0.25) is 5.02 Å². The van der Waals surface area contributed by atoms with Gasteiger partial charge in [-0.15, -0.1) is 0 Å². The van der Waals surface area contributed by atoms with Gasteiger partial charge in [-0.1, -0.05) is 23.7 Å². The fourth-order valence-electron chi connectivity index (χ4n) is 2.03. The van der Waals surface area contributed by atoms with Crippen LogP contribution in [0.5, 0.6) is 0 Å². The van der Waals surface area contributed by atoms with Crippen molar-refractivity contribution in [3.63, 3.8) is 0 Å². The van der Waals surface area contributed by atoms with Crippen molar-refractivity contribution in [2.75, 3.05) is 6.54 Å². The molecule has 0 saturated carbocycles. The molecule has 1 saturated heterocycles. The van der Waals surface area contributed by atoms with Crippen molar-refractivity contribution in [1.82, 2.24) is 5.32 Å². The summed E-state index contributed by atoms with van der Waals surface area (Å²) in [7, 11) is -3.49. The van der Waals surface area contributed by atoms with E-state index in [1.165, 1.54) is 6.07 Å². The molecular formula is C12H14ClNO3S. The molecule has 1 heterocycles. The van der Waals surface area contributed by atoms with Gasteiger partial charge in [0.2, 0.25) is 5.91 Å². The molecule has 0 aliphatic carbocycles. The maximum Gasteiger partial charge on any atom is 0.220 e. The number of nitrogens with one attached hydrogen (secondary N) is 1. The Morgan fingerprint density at radius 3 is 2.72 bits per heavy atom. The van der Waals surface area contributed by atoms with Crippen LogP contribution in [0.1, 0.15) is 19.3 Å². The highest BCUT2D eigenvalue weighted by Crippen LogP contribution is 2.27. The minimum absolute atomic E-state index is 0.0909. The summed E-state index contributed by atoms with van der Waals surface area (Å²) in [6, 6.07) is 6.40. The molecular weight excluding hydrogens is 274 g/mol. The summed E-state index contributed by atoms with van der Waals surface area (Å²) in [6.07, 6.45) is 1.45. The maximum absolute atomic E-state index is 12.4. The Bertz CT molecular complexity index is 556. The first-order chi connectivity index (χ1) is 8.51. The third-order valence-corrected chi connectivity index (χ3v) is 5.73. The number of rotatable bonds is 2. The number of carbonyl (C=O) groups is 1. The van der Waals surface area contributed by atoms with Gasteiger partial charge in [0, 0.05) is 13.0 Å². The lowest BCUT2D eigenvalue weighted by molar-refractivity contribution is -0.120. The highest BCUT2D eigenvalue weighted by molar-refractivity contribution is 7.92. The van der Waals surface area contributed by atoms with Gasteiger partial charge in [0.15, 0.2) is 9.84 Å². The van der Waals surface area contributed by atoms with E-state index in [1.54, 1.807) is 18.2 Å². The molecule has 6 heteroatoms. The molecule has 2 rings (SSSR count). The van der Waals surface area contributed by atoms with Crippen LogP contribution in [0, 0.1) is 0 Å². The van der Waals surface area contributed by atoms with E-state index in [-0.39, 0.29) is 22.4 Å². The van der Waals surface area contributed by atoms with Crippen molar-refractivity contribution in [1.29, 1.82) is 0 Å². The first-order valence-electron chi connectivity index (χ1n) is 5.77. The summed E-state index contributed by atoms with van der Waals surface area (Å²) in [5.41, 5.74) is 0. The predicted molar refractivity (Wildman–Crippen MR) is 69.3 cm³/mol. The molecule has 1 unspecified atom stereocenters. The van der Waals surface area contributed by atoms with Gasteiger partial charge in [-0.05, 0) is 25.0 Å². The molecule has 0 spiro atoms. The van der Waals surface area contributed by atoms with Gasteiger partial charge in [-0.2, -0.15) is 0 Å². The fourth-order valence-corrected chi connectivity index (χ4v) is 4.23. The SMILES string of the molecule is O=C1CCCC(S(=O)(=O)c2ccccc2Cl)CN1. The molecule has 1 fully saturated rings. The average molecular weight is 288 g/mol. The summed E-state index contributed by atoms with van der Waals surface area (Å²) in [4.78, 5) is 11.4. The molecule has 18 heavy (non-hydrogen) atoms. The van der Waals surface area contributed by atoms with Crippen molar-refractivity contribution in [2.24, 2.45) is 0 Å². The Balaban J connectivity index is 2.31. The van der Waals surface area contributed by atoms with Crippen molar-refractivity contribution in [2.45, 2.75) is 29.4 Å². The molecule has 1 aromatic carbocycles. The van der Waals surface area contributed by atoms with Crippen molar-refractivity contribution < 1.29 is 13.2 Å². The van der Waals surface area contributed by atoms with Crippen LogP contribution in [-0.4, -0.2) is 26.1 Å². The van der Waals surface area contributed by atoms with Crippen molar-refractivity contribution in [3.8, 4) is 0 Å². The third-order valence-electron chi connectivity index (χ3n) is 3.04. The fraction of sp³-hybridized carbons (Fsp3) is 0.417. The Morgan fingerprint density at radius 2 is 2.00 bits per heavy atom. The Kier molecular flexibility index (Phi) is 3.92. The molecule has 0 radical (unpaired) electrons. The molecule has 0 bridgehead atoms. The largest absolute Gasteiger partial charge is 0.355 e. The lowest BCUT2D eigenvalue weighted by Crippen LogP contribution is -2.34. The van der Waals surface area contributed by atoms with Gasteiger partial charge in [-0.25, -0.2) is 8.42 Å². The number of halogens is 1. The quantitative estimate of drug-likeness (QED) is 0.902. The number of sulfone groups is 1. The predicted octanol–water partition coefficient (Wildman–Crippen LogP) is 1.78. The van der Waals surface area contributed by atoms with Crippen LogP contribution in [0.3, 0.4) is 0 Å². The van der Waals surface area contributed by atoms with Gasteiger partial charge in [-0.3, -0.25) is 4.79 Å². The van der Waals surface area contributed by atoms with E-state index >= 15 is 0 Å². The van der Waals surface area contributed by atoms with Crippen molar-refractivity contribution in [3.05, 3.63) is 29.3 Å². The third kappa shape index (κ3) is 2.67. The molecule has 0 aromatic heterocycles. The van der Waals surface area contributed by atoms with E-state index in [4.69, 9.17) is 11.6 Å². The zero-order valence-corrected chi connectivity index (χ0v) is 11.3. The molecule has 4 nitrogen and oxygen atoms in total. The van der Waals surface area contributed by atoms with E-state index in [9.17, 15) is 13.2 Å². The van der Waals surface area contributed by atoms with E-state index in [2.05, 4.69) is 5.32 Å². The Morgan fingerprint density at radius 1 is 1.28 bits per heavy atom. The van der Waals surface area contributed by atoms with Gasteiger partial charge in [0.25, 0.3) is 0 Å². The van der Waals surface area contributed by atoms with Crippen LogP contribution in [0.15, 0.2) is 29.2 Å². The summed E-state index contributed by atoms with van der Waals surface area (Å²) in [5.74, 6) is -0.0909. The van der Waals surface area contributed by atoms with Crippen LogP contribution < -0.4 is 5.32 Å². The topological polar surface area (TPSA) is 63.2 Å². The highest BCUT2D eigenvalue weighted by atomic mass is 35.5. The number of carbonyl (C=O) groups excluding carboxylic acids is 1. The lowest BCUT2D eigenvalue weighted by atomic mass is 10.2. The Hall–Kier alpha value is -1.07. The van der Waals surface area contributed by atoms with Crippen LogP contribution in [0.25, 0.3) is 0 Å². The second-order valence-electron chi connectivity index (χ2n) is 4.29. The number of benzene rings is 1. The molecule has 98 valence electrons.